The van der Waals surface area contributed by atoms with E-state index in [0.717, 1.165) is 18.5 Å². The highest BCUT2D eigenvalue weighted by Gasteiger charge is 2.02. The molecule has 22 heavy (non-hydrogen) atoms. The minimum Gasteiger partial charge on any atom is -0.301 e. The zero-order chi connectivity index (χ0) is 16.2. The lowest BCUT2D eigenvalue weighted by atomic mass is 10.0. The van der Waals surface area contributed by atoms with Crippen molar-refractivity contribution in [1.82, 2.24) is 9.55 Å². The molecule has 4 nitrogen and oxygen atoms in total. The molecule has 0 saturated carbocycles. The van der Waals surface area contributed by atoms with Crippen LogP contribution in [-0.4, -0.2) is 9.55 Å². The molecule has 0 radical (unpaired) electrons. The number of aromatic amines is 1. The van der Waals surface area contributed by atoms with Crippen LogP contribution in [0.5, 0.6) is 0 Å². The van der Waals surface area contributed by atoms with E-state index in [4.69, 9.17) is 0 Å². The maximum Gasteiger partial charge on any atom is 0.328 e. The first-order chi connectivity index (χ1) is 10.6. The molecule has 1 N–H and O–H groups in total. The molecule has 0 aliphatic rings. The highest BCUT2D eigenvalue weighted by atomic mass is 16.2. The summed E-state index contributed by atoms with van der Waals surface area (Å²) < 4.78 is 1.54. The van der Waals surface area contributed by atoms with E-state index in [0.29, 0.717) is 0 Å². The van der Waals surface area contributed by atoms with Crippen molar-refractivity contribution in [1.29, 1.82) is 0 Å². The number of nitrogens with zero attached hydrogens (tertiary/aromatic N) is 1. The van der Waals surface area contributed by atoms with E-state index in [2.05, 4.69) is 11.9 Å². The van der Waals surface area contributed by atoms with Gasteiger partial charge in [-0.1, -0.05) is 71.1 Å². The van der Waals surface area contributed by atoms with E-state index >= 15 is 0 Å². The molecule has 1 rings (SSSR count). The molecule has 0 fully saturated rings. The Bertz CT molecular complexity index is 517. The summed E-state index contributed by atoms with van der Waals surface area (Å²) >= 11 is 0. The summed E-state index contributed by atoms with van der Waals surface area (Å²) in [6.45, 7) is 2.25. The van der Waals surface area contributed by atoms with Gasteiger partial charge in [-0.05, 0) is 12.8 Å². The molecule has 0 aromatic carbocycles. The third-order valence-electron chi connectivity index (χ3n) is 4.30. The summed E-state index contributed by atoms with van der Waals surface area (Å²) in [7, 11) is 1.71. The fourth-order valence-corrected chi connectivity index (χ4v) is 2.81. The van der Waals surface area contributed by atoms with Gasteiger partial charge in [0.1, 0.15) is 0 Å². The van der Waals surface area contributed by atoms with Crippen LogP contribution in [0, 0.1) is 0 Å². The van der Waals surface area contributed by atoms with Crippen molar-refractivity contribution in [2.75, 3.05) is 0 Å². The fraction of sp³-hybridized carbons (Fsp3) is 0.778. The van der Waals surface area contributed by atoms with E-state index in [1.807, 2.05) is 0 Å². The van der Waals surface area contributed by atoms with Crippen molar-refractivity contribution >= 4 is 0 Å². The van der Waals surface area contributed by atoms with Crippen LogP contribution < -0.4 is 11.2 Å². The van der Waals surface area contributed by atoms with Crippen LogP contribution in [0.3, 0.4) is 0 Å². The van der Waals surface area contributed by atoms with E-state index in [-0.39, 0.29) is 11.2 Å². The lowest BCUT2D eigenvalue weighted by molar-refractivity contribution is 0.546. The number of hydrogen-bond donors (Lipinski definition) is 1. The fourth-order valence-electron chi connectivity index (χ4n) is 2.81. The number of hydrogen-bond acceptors (Lipinski definition) is 2. The summed E-state index contributed by atoms with van der Waals surface area (Å²) in [5.74, 6) is 0. The smallest absolute Gasteiger partial charge is 0.301 e. The first-order valence-electron chi connectivity index (χ1n) is 8.94. The maximum absolute atomic E-state index is 11.5. The zero-order valence-electron chi connectivity index (χ0n) is 14.3. The Morgan fingerprint density at radius 2 is 1.36 bits per heavy atom. The lowest BCUT2D eigenvalue weighted by Crippen LogP contribution is -2.30. The molecular weight excluding hydrogens is 276 g/mol. The SMILES string of the molecule is CCCCCCCCCCCCCc1cc(=O)[nH]c(=O)n1C. The van der Waals surface area contributed by atoms with Crippen LogP contribution >= 0.6 is 0 Å². The quantitative estimate of drug-likeness (QED) is 0.595. The molecular formula is C18H32N2O2. The van der Waals surface area contributed by atoms with Crippen molar-refractivity contribution in [3.05, 3.63) is 32.6 Å². The maximum atomic E-state index is 11.5. The van der Waals surface area contributed by atoms with Gasteiger partial charge in [0.05, 0.1) is 0 Å². The van der Waals surface area contributed by atoms with Gasteiger partial charge in [-0.2, -0.15) is 0 Å². The molecule has 1 aromatic rings. The van der Waals surface area contributed by atoms with Gasteiger partial charge >= 0.3 is 5.69 Å². The summed E-state index contributed by atoms with van der Waals surface area (Å²) in [6, 6.07) is 1.54. The number of aromatic nitrogens is 2. The van der Waals surface area contributed by atoms with Crippen LogP contribution in [0.1, 0.15) is 83.2 Å². The second-order valence-electron chi connectivity index (χ2n) is 6.27. The Morgan fingerprint density at radius 3 is 1.91 bits per heavy atom. The predicted molar refractivity (Wildman–Crippen MR) is 92.5 cm³/mol. The van der Waals surface area contributed by atoms with Gasteiger partial charge in [0.25, 0.3) is 5.56 Å². The summed E-state index contributed by atoms with van der Waals surface area (Å²) in [5, 5.41) is 0. The van der Waals surface area contributed by atoms with Crippen LogP contribution in [0.2, 0.25) is 0 Å². The Balaban J connectivity index is 2.04. The van der Waals surface area contributed by atoms with Crippen LogP contribution in [0.15, 0.2) is 15.7 Å². The van der Waals surface area contributed by atoms with Gasteiger partial charge in [-0.3, -0.25) is 9.78 Å². The molecule has 0 atom stereocenters. The van der Waals surface area contributed by atoms with Gasteiger partial charge in [0.15, 0.2) is 0 Å². The van der Waals surface area contributed by atoms with Crippen LogP contribution in [0.4, 0.5) is 0 Å². The van der Waals surface area contributed by atoms with Crippen molar-refractivity contribution in [3.8, 4) is 0 Å². The zero-order valence-corrected chi connectivity index (χ0v) is 14.3. The largest absolute Gasteiger partial charge is 0.328 e. The minimum absolute atomic E-state index is 0.291. The molecule has 0 bridgehead atoms. The topological polar surface area (TPSA) is 54.9 Å². The van der Waals surface area contributed by atoms with Gasteiger partial charge < -0.3 is 4.57 Å². The number of aryl methyl sites for hydroxylation is 1. The van der Waals surface area contributed by atoms with E-state index < -0.39 is 0 Å². The van der Waals surface area contributed by atoms with Crippen molar-refractivity contribution in [3.63, 3.8) is 0 Å². The average molecular weight is 308 g/mol. The molecule has 0 amide bonds. The highest BCUT2D eigenvalue weighted by molar-refractivity contribution is 5.00. The van der Waals surface area contributed by atoms with Crippen molar-refractivity contribution in [2.45, 2.75) is 84.0 Å². The van der Waals surface area contributed by atoms with Crippen LogP contribution in [-0.2, 0) is 13.5 Å². The Labute approximate surface area is 134 Å². The molecule has 126 valence electrons. The summed E-state index contributed by atoms with van der Waals surface area (Å²) in [4.78, 5) is 25.0. The third-order valence-corrected chi connectivity index (χ3v) is 4.30. The lowest BCUT2D eigenvalue weighted by Gasteiger charge is -2.06. The number of rotatable bonds is 12. The molecule has 0 saturated heterocycles. The normalized spacial score (nSPS) is 11.0. The number of H-pyrrole nitrogens is 1. The van der Waals surface area contributed by atoms with Crippen molar-refractivity contribution in [2.24, 2.45) is 7.05 Å². The number of unbranched alkanes of at least 4 members (excludes halogenated alkanes) is 10. The standard InChI is InChI=1S/C18H32N2O2/c1-3-4-5-6-7-8-9-10-11-12-13-14-16-15-17(21)19-18(22)20(16)2/h15H,3-14H2,1-2H3,(H,19,21,22). The Hall–Kier alpha value is -1.32. The highest BCUT2D eigenvalue weighted by Crippen LogP contribution is 2.12. The van der Waals surface area contributed by atoms with Crippen LogP contribution in [0.25, 0.3) is 0 Å². The summed E-state index contributed by atoms with van der Waals surface area (Å²) in [5.41, 5.74) is 0.233. The first-order valence-corrected chi connectivity index (χ1v) is 8.94. The number of nitrogens with one attached hydrogen (secondary N) is 1. The predicted octanol–water partition coefficient (Wildman–Crippen LogP) is 3.93. The van der Waals surface area contributed by atoms with E-state index in [1.165, 1.54) is 74.8 Å². The van der Waals surface area contributed by atoms with Gasteiger partial charge in [0, 0.05) is 18.8 Å². The van der Waals surface area contributed by atoms with E-state index in [9.17, 15) is 9.59 Å². The van der Waals surface area contributed by atoms with Gasteiger partial charge in [0.2, 0.25) is 0 Å². The van der Waals surface area contributed by atoms with Crippen molar-refractivity contribution < 1.29 is 0 Å². The second kappa shape index (κ2) is 11.3. The molecule has 0 spiro atoms. The first kappa shape index (κ1) is 18.7. The second-order valence-corrected chi connectivity index (χ2v) is 6.27. The molecule has 1 heterocycles. The Kier molecular flexibility index (Phi) is 9.60. The Morgan fingerprint density at radius 1 is 0.864 bits per heavy atom. The minimum atomic E-state index is -0.314. The molecule has 1 aromatic heterocycles. The molecule has 0 unspecified atom stereocenters. The molecule has 4 heteroatoms. The molecule has 0 aliphatic heterocycles. The summed E-state index contributed by atoms with van der Waals surface area (Å²) in [6.07, 6.45) is 15.2. The molecule has 0 aliphatic carbocycles. The average Bonchev–Trinajstić information content (AvgIpc) is 2.49. The van der Waals surface area contributed by atoms with Gasteiger partial charge in [-0.15, -0.1) is 0 Å². The monoisotopic (exact) mass is 308 g/mol. The third kappa shape index (κ3) is 7.62. The van der Waals surface area contributed by atoms with Gasteiger partial charge in [-0.25, -0.2) is 4.79 Å². The van der Waals surface area contributed by atoms with E-state index in [1.54, 1.807) is 7.05 Å².